The molecular weight excluding hydrogens is 390 g/mol. The highest BCUT2D eigenvalue weighted by atomic mass is 35.5. The fourth-order valence-corrected chi connectivity index (χ4v) is 3.47. The van der Waals surface area contributed by atoms with Gasteiger partial charge in [0.25, 0.3) is 11.8 Å². The molecule has 3 N–H and O–H groups in total. The molecule has 0 unspecified atom stereocenters. The molecule has 0 atom stereocenters. The molecule has 144 valence electrons. The first-order chi connectivity index (χ1) is 14.0. The summed E-state index contributed by atoms with van der Waals surface area (Å²) >= 11 is 6.57. The summed E-state index contributed by atoms with van der Waals surface area (Å²) in [6.07, 6.45) is 1.40. The molecule has 29 heavy (non-hydrogen) atoms. The number of anilines is 1. The van der Waals surface area contributed by atoms with Gasteiger partial charge in [-0.25, -0.2) is 9.67 Å². The Hall–Kier alpha value is -3.71. The van der Waals surface area contributed by atoms with E-state index in [-0.39, 0.29) is 16.1 Å². The standard InChI is InChI=1S/C21H16ClN5O2/c1-12-17-18(22)15(21(29)25-16-10-6-5-9-14(16)19(23)28)11-24-20(17)27(26-12)13-7-3-2-4-8-13/h2-11H,1H3,(H2,23,28)(H,25,29). The average Bonchev–Trinajstić information content (AvgIpc) is 3.06. The quantitative estimate of drug-likeness (QED) is 0.539. The second kappa shape index (κ2) is 7.37. The number of amides is 2. The van der Waals surface area contributed by atoms with Crippen LogP contribution in [-0.4, -0.2) is 26.6 Å². The van der Waals surface area contributed by atoms with Crippen molar-refractivity contribution < 1.29 is 9.59 Å². The largest absolute Gasteiger partial charge is 0.366 e. The van der Waals surface area contributed by atoms with Gasteiger partial charge >= 0.3 is 0 Å². The van der Waals surface area contributed by atoms with E-state index in [1.54, 1.807) is 29.8 Å². The number of nitrogens with one attached hydrogen (secondary N) is 1. The number of halogens is 1. The van der Waals surface area contributed by atoms with Crippen LogP contribution in [0.3, 0.4) is 0 Å². The van der Waals surface area contributed by atoms with Crippen molar-refractivity contribution in [3.05, 3.63) is 82.6 Å². The Morgan fingerprint density at radius 2 is 1.72 bits per heavy atom. The number of para-hydroxylation sites is 2. The van der Waals surface area contributed by atoms with Crippen LogP contribution in [0.15, 0.2) is 60.8 Å². The molecule has 7 nitrogen and oxygen atoms in total. The number of rotatable bonds is 4. The van der Waals surface area contributed by atoms with Crippen LogP contribution in [-0.2, 0) is 0 Å². The molecule has 0 radical (unpaired) electrons. The molecule has 0 aliphatic rings. The lowest BCUT2D eigenvalue weighted by molar-refractivity contribution is 0.100. The third-order valence-electron chi connectivity index (χ3n) is 4.49. The van der Waals surface area contributed by atoms with Gasteiger partial charge in [-0.2, -0.15) is 5.10 Å². The molecule has 0 aliphatic carbocycles. The number of nitrogens with two attached hydrogens (primary N) is 1. The Balaban J connectivity index is 1.76. The number of carbonyl (C=O) groups excluding carboxylic acids is 2. The summed E-state index contributed by atoms with van der Waals surface area (Å²) in [4.78, 5) is 28.8. The van der Waals surface area contributed by atoms with Crippen LogP contribution < -0.4 is 11.1 Å². The van der Waals surface area contributed by atoms with Crippen LogP contribution in [0.25, 0.3) is 16.7 Å². The van der Waals surface area contributed by atoms with Gasteiger partial charge in [-0.1, -0.05) is 41.9 Å². The summed E-state index contributed by atoms with van der Waals surface area (Å²) in [5.74, 6) is -1.13. The molecule has 2 aromatic carbocycles. The zero-order valence-electron chi connectivity index (χ0n) is 15.4. The number of carbonyl (C=O) groups is 2. The van der Waals surface area contributed by atoms with E-state index < -0.39 is 11.8 Å². The van der Waals surface area contributed by atoms with E-state index in [4.69, 9.17) is 17.3 Å². The van der Waals surface area contributed by atoms with E-state index in [0.29, 0.717) is 22.4 Å². The first-order valence-corrected chi connectivity index (χ1v) is 9.14. The number of fused-ring (bicyclic) bond motifs is 1. The summed E-state index contributed by atoms with van der Waals surface area (Å²) in [5.41, 5.74) is 8.09. The summed E-state index contributed by atoms with van der Waals surface area (Å²) < 4.78 is 1.68. The van der Waals surface area contributed by atoms with Gasteiger partial charge in [0.15, 0.2) is 5.65 Å². The normalized spacial score (nSPS) is 10.8. The fourth-order valence-electron chi connectivity index (χ4n) is 3.11. The van der Waals surface area contributed by atoms with Crippen LogP contribution >= 0.6 is 11.6 Å². The van der Waals surface area contributed by atoms with Crippen LogP contribution in [0.5, 0.6) is 0 Å². The van der Waals surface area contributed by atoms with Crippen molar-refractivity contribution in [3.63, 3.8) is 0 Å². The number of hydrogen-bond acceptors (Lipinski definition) is 4. The molecule has 8 heteroatoms. The van der Waals surface area contributed by atoms with E-state index in [9.17, 15) is 9.59 Å². The zero-order valence-corrected chi connectivity index (χ0v) is 16.1. The van der Waals surface area contributed by atoms with Gasteiger partial charge in [-0.3, -0.25) is 9.59 Å². The van der Waals surface area contributed by atoms with E-state index in [1.807, 2.05) is 30.3 Å². The lowest BCUT2D eigenvalue weighted by atomic mass is 10.1. The maximum atomic E-state index is 12.8. The molecule has 0 spiro atoms. The van der Waals surface area contributed by atoms with Gasteiger partial charge in [0, 0.05) is 6.20 Å². The van der Waals surface area contributed by atoms with E-state index in [0.717, 1.165) is 5.69 Å². The predicted octanol–water partition coefficient (Wildman–Crippen LogP) is 3.73. The van der Waals surface area contributed by atoms with Crippen molar-refractivity contribution in [3.8, 4) is 5.69 Å². The Bertz CT molecular complexity index is 1250. The van der Waals surface area contributed by atoms with Crippen LogP contribution in [0.1, 0.15) is 26.4 Å². The lowest BCUT2D eigenvalue weighted by Crippen LogP contribution is -2.18. The molecule has 0 aliphatic heterocycles. The van der Waals surface area contributed by atoms with Gasteiger partial charge in [0.05, 0.1) is 38.6 Å². The van der Waals surface area contributed by atoms with Crippen LogP contribution in [0.2, 0.25) is 5.02 Å². The SMILES string of the molecule is Cc1nn(-c2ccccc2)c2ncc(C(=O)Nc3ccccc3C(N)=O)c(Cl)c12. The summed E-state index contributed by atoms with van der Waals surface area (Å²) in [6.45, 7) is 1.80. The molecule has 0 saturated heterocycles. The molecule has 2 amide bonds. The molecular formula is C21H16ClN5O2. The highest BCUT2D eigenvalue weighted by Gasteiger charge is 2.21. The number of primary amides is 1. The van der Waals surface area contributed by atoms with E-state index in [1.165, 1.54) is 12.3 Å². The smallest absolute Gasteiger partial charge is 0.258 e. The van der Waals surface area contributed by atoms with Gasteiger partial charge in [-0.15, -0.1) is 0 Å². The molecule has 2 heterocycles. The third-order valence-corrected chi connectivity index (χ3v) is 4.89. The van der Waals surface area contributed by atoms with Crippen LogP contribution in [0.4, 0.5) is 5.69 Å². The topological polar surface area (TPSA) is 103 Å². The minimum Gasteiger partial charge on any atom is -0.366 e. The second-order valence-electron chi connectivity index (χ2n) is 6.38. The Morgan fingerprint density at radius 1 is 1.03 bits per heavy atom. The van der Waals surface area contributed by atoms with E-state index >= 15 is 0 Å². The lowest BCUT2D eigenvalue weighted by Gasteiger charge is -2.10. The monoisotopic (exact) mass is 405 g/mol. The molecule has 2 aromatic heterocycles. The molecule has 4 rings (SSSR count). The molecule has 0 saturated carbocycles. The van der Waals surface area contributed by atoms with Crippen molar-refractivity contribution in [2.45, 2.75) is 6.92 Å². The predicted molar refractivity (Wildman–Crippen MR) is 112 cm³/mol. The first kappa shape index (κ1) is 18.6. The zero-order chi connectivity index (χ0) is 20.5. The minimum atomic E-state index is -0.638. The number of benzene rings is 2. The Morgan fingerprint density at radius 3 is 2.45 bits per heavy atom. The Labute approximate surface area is 171 Å². The van der Waals surface area contributed by atoms with E-state index in [2.05, 4.69) is 15.4 Å². The van der Waals surface area contributed by atoms with Gasteiger partial charge in [0.2, 0.25) is 0 Å². The second-order valence-corrected chi connectivity index (χ2v) is 6.76. The average molecular weight is 406 g/mol. The van der Waals surface area contributed by atoms with Crippen LogP contribution in [0, 0.1) is 6.92 Å². The van der Waals surface area contributed by atoms with Crippen molar-refractivity contribution in [1.29, 1.82) is 0 Å². The fraction of sp³-hybridized carbons (Fsp3) is 0.0476. The van der Waals surface area contributed by atoms with Crippen molar-refractivity contribution in [1.82, 2.24) is 14.8 Å². The van der Waals surface area contributed by atoms with Gasteiger partial charge in [0.1, 0.15) is 0 Å². The maximum absolute atomic E-state index is 12.8. The van der Waals surface area contributed by atoms with Gasteiger partial charge < -0.3 is 11.1 Å². The van der Waals surface area contributed by atoms with Crippen molar-refractivity contribution in [2.75, 3.05) is 5.32 Å². The molecule has 0 fully saturated rings. The van der Waals surface area contributed by atoms with Gasteiger partial charge in [-0.05, 0) is 31.2 Å². The highest BCUT2D eigenvalue weighted by molar-refractivity contribution is 6.39. The number of nitrogens with zero attached hydrogens (tertiary/aromatic N) is 3. The number of aromatic nitrogens is 3. The Kier molecular flexibility index (Phi) is 4.74. The van der Waals surface area contributed by atoms with Crippen molar-refractivity contribution >= 4 is 40.1 Å². The van der Waals surface area contributed by atoms with Crippen molar-refractivity contribution in [2.24, 2.45) is 5.73 Å². The highest BCUT2D eigenvalue weighted by Crippen LogP contribution is 2.30. The number of pyridine rings is 1. The first-order valence-electron chi connectivity index (χ1n) is 8.77. The summed E-state index contributed by atoms with van der Waals surface area (Å²) in [6, 6.07) is 16.0. The summed E-state index contributed by atoms with van der Waals surface area (Å²) in [7, 11) is 0. The maximum Gasteiger partial charge on any atom is 0.258 e. The summed E-state index contributed by atoms with van der Waals surface area (Å²) in [5, 5.41) is 8.03. The third kappa shape index (κ3) is 3.32. The molecule has 4 aromatic rings. The number of aryl methyl sites for hydroxylation is 1. The molecule has 0 bridgehead atoms. The minimum absolute atomic E-state index is 0.175. The number of hydrogen-bond donors (Lipinski definition) is 2.